The standard InChI is InChI=1S/C12H23Br/c1-3-4-5-6-7-8-9-10-11-12(2)13/h3-4,12H,5-11H2,1-2H3. The lowest BCUT2D eigenvalue weighted by Crippen LogP contribution is -1.89. The molecule has 0 aliphatic heterocycles. The van der Waals surface area contributed by atoms with Gasteiger partial charge in [-0.05, 0) is 26.2 Å². The van der Waals surface area contributed by atoms with E-state index in [1.165, 1.54) is 44.9 Å². The highest BCUT2D eigenvalue weighted by Gasteiger charge is 1.95. The maximum Gasteiger partial charge on any atom is 0.0117 e. The average Bonchev–Trinajstić information content (AvgIpc) is 2.09. The molecule has 1 atom stereocenters. The van der Waals surface area contributed by atoms with Gasteiger partial charge >= 0.3 is 0 Å². The predicted molar refractivity (Wildman–Crippen MR) is 65.5 cm³/mol. The first kappa shape index (κ1) is 13.2. The van der Waals surface area contributed by atoms with Crippen LogP contribution in [0.25, 0.3) is 0 Å². The van der Waals surface area contributed by atoms with Crippen molar-refractivity contribution in [2.45, 2.75) is 63.6 Å². The van der Waals surface area contributed by atoms with E-state index in [2.05, 4.69) is 41.9 Å². The van der Waals surface area contributed by atoms with Crippen molar-refractivity contribution in [3.8, 4) is 0 Å². The molecule has 0 amide bonds. The van der Waals surface area contributed by atoms with Crippen molar-refractivity contribution < 1.29 is 0 Å². The molecule has 0 aromatic rings. The molecule has 1 heteroatoms. The molecule has 0 radical (unpaired) electrons. The first-order valence-corrected chi connectivity index (χ1v) is 6.44. The van der Waals surface area contributed by atoms with E-state index in [9.17, 15) is 0 Å². The van der Waals surface area contributed by atoms with E-state index >= 15 is 0 Å². The highest BCUT2D eigenvalue weighted by atomic mass is 79.9. The van der Waals surface area contributed by atoms with Crippen molar-refractivity contribution in [2.75, 3.05) is 0 Å². The molecule has 0 N–H and O–H groups in total. The van der Waals surface area contributed by atoms with E-state index in [1.54, 1.807) is 0 Å². The highest BCUT2D eigenvalue weighted by molar-refractivity contribution is 9.09. The molecule has 0 heterocycles. The molecule has 0 aromatic heterocycles. The molecular formula is C12H23Br. The Morgan fingerprint density at radius 2 is 1.69 bits per heavy atom. The molecule has 78 valence electrons. The quantitative estimate of drug-likeness (QED) is 0.319. The van der Waals surface area contributed by atoms with Crippen molar-refractivity contribution in [3.05, 3.63) is 12.2 Å². The molecule has 0 aliphatic rings. The number of halogens is 1. The van der Waals surface area contributed by atoms with Crippen LogP contribution in [0.5, 0.6) is 0 Å². The van der Waals surface area contributed by atoms with E-state index in [0.29, 0.717) is 4.83 Å². The van der Waals surface area contributed by atoms with Crippen LogP contribution in [0.15, 0.2) is 12.2 Å². The lowest BCUT2D eigenvalue weighted by molar-refractivity contribution is 0.598. The summed E-state index contributed by atoms with van der Waals surface area (Å²) < 4.78 is 0. The fourth-order valence-electron chi connectivity index (χ4n) is 1.38. The Morgan fingerprint density at radius 3 is 2.31 bits per heavy atom. The van der Waals surface area contributed by atoms with Crippen molar-refractivity contribution >= 4 is 15.9 Å². The minimum atomic E-state index is 0.704. The minimum absolute atomic E-state index is 0.704. The Bertz CT molecular complexity index is 116. The van der Waals surface area contributed by atoms with E-state index in [-0.39, 0.29) is 0 Å². The van der Waals surface area contributed by atoms with E-state index < -0.39 is 0 Å². The SMILES string of the molecule is CC=CCCCCCCCC(C)Br. The van der Waals surface area contributed by atoms with Gasteiger partial charge in [0.15, 0.2) is 0 Å². The lowest BCUT2D eigenvalue weighted by Gasteiger charge is -2.02. The first-order valence-electron chi connectivity index (χ1n) is 5.52. The fourth-order valence-corrected chi connectivity index (χ4v) is 1.71. The van der Waals surface area contributed by atoms with Crippen LogP contribution in [-0.2, 0) is 0 Å². The van der Waals surface area contributed by atoms with Gasteiger partial charge in [-0.3, -0.25) is 0 Å². The molecule has 1 unspecified atom stereocenters. The third kappa shape index (κ3) is 12.2. The third-order valence-corrected chi connectivity index (χ3v) is 2.67. The second-order valence-corrected chi connectivity index (χ2v) is 5.26. The van der Waals surface area contributed by atoms with Crippen LogP contribution in [0.3, 0.4) is 0 Å². The monoisotopic (exact) mass is 246 g/mol. The summed E-state index contributed by atoms with van der Waals surface area (Å²) in [5.41, 5.74) is 0. The van der Waals surface area contributed by atoms with Gasteiger partial charge < -0.3 is 0 Å². The smallest absolute Gasteiger partial charge is 0.0117 e. The molecule has 13 heavy (non-hydrogen) atoms. The maximum absolute atomic E-state index is 3.57. The summed E-state index contributed by atoms with van der Waals surface area (Å²) >= 11 is 3.57. The summed E-state index contributed by atoms with van der Waals surface area (Å²) in [7, 11) is 0. The van der Waals surface area contributed by atoms with Gasteiger partial charge in [-0.1, -0.05) is 60.7 Å². The van der Waals surface area contributed by atoms with E-state index in [1.807, 2.05) is 0 Å². The summed E-state index contributed by atoms with van der Waals surface area (Å²) in [5, 5.41) is 0. The zero-order valence-corrected chi connectivity index (χ0v) is 10.6. The molecule has 0 rings (SSSR count). The molecule has 0 aliphatic carbocycles. The van der Waals surface area contributed by atoms with Crippen molar-refractivity contribution in [1.82, 2.24) is 0 Å². The predicted octanol–water partition coefficient (Wildman–Crippen LogP) is 5.08. The van der Waals surface area contributed by atoms with Gasteiger partial charge in [0, 0.05) is 4.83 Å². The van der Waals surface area contributed by atoms with Gasteiger partial charge in [0.2, 0.25) is 0 Å². The third-order valence-electron chi connectivity index (χ3n) is 2.21. The first-order chi connectivity index (χ1) is 6.27. The van der Waals surface area contributed by atoms with Crippen LogP contribution >= 0.6 is 15.9 Å². The fraction of sp³-hybridized carbons (Fsp3) is 0.833. The summed E-state index contributed by atoms with van der Waals surface area (Å²) in [4.78, 5) is 0.704. The summed E-state index contributed by atoms with van der Waals surface area (Å²) in [6, 6.07) is 0. The van der Waals surface area contributed by atoms with Crippen LogP contribution in [0, 0.1) is 0 Å². The molecule has 0 saturated heterocycles. The molecule has 0 nitrogen and oxygen atoms in total. The van der Waals surface area contributed by atoms with Gasteiger partial charge in [-0.2, -0.15) is 0 Å². The molecular weight excluding hydrogens is 224 g/mol. The van der Waals surface area contributed by atoms with Crippen molar-refractivity contribution in [3.63, 3.8) is 0 Å². The minimum Gasteiger partial charge on any atom is -0.0917 e. The Balaban J connectivity index is 2.91. The number of hydrogen-bond donors (Lipinski definition) is 0. The second-order valence-electron chi connectivity index (χ2n) is 3.69. The molecule has 0 fully saturated rings. The van der Waals surface area contributed by atoms with Gasteiger partial charge in [0.25, 0.3) is 0 Å². The zero-order valence-electron chi connectivity index (χ0n) is 9.06. The summed E-state index contributed by atoms with van der Waals surface area (Å²) in [6.45, 7) is 4.32. The number of alkyl halides is 1. The van der Waals surface area contributed by atoms with Crippen LogP contribution in [0.1, 0.15) is 58.8 Å². The van der Waals surface area contributed by atoms with Gasteiger partial charge in [-0.25, -0.2) is 0 Å². The van der Waals surface area contributed by atoms with E-state index in [4.69, 9.17) is 0 Å². The highest BCUT2D eigenvalue weighted by Crippen LogP contribution is 2.12. The van der Waals surface area contributed by atoms with Gasteiger partial charge in [-0.15, -0.1) is 0 Å². The number of unbranched alkanes of at least 4 members (excludes halogenated alkanes) is 5. The maximum atomic E-state index is 3.57. The Morgan fingerprint density at radius 1 is 1.08 bits per heavy atom. The average molecular weight is 247 g/mol. The second kappa shape index (κ2) is 10.3. The number of rotatable bonds is 8. The zero-order chi connectivity index (χ0) is 9.94. The topological polar surface area (TPSA) is 0 Å². The van der Waals surface area contributed by atoms with Gasteiger partial charge in [0.05, 0.1) is 0 Å². The Hall–Kier alpha value is 0.220. The molecule has 0 aromatic carbocycles. The van der Waals surface area contributed by atoms with Crippen LogP contribution in [-0.4, -0.2) is 4.83 Å². The molecule has 0 spiro atoms. The Labute approximate surface area is 91.9 Å². The Kier molecular flexibility index (Phi) is 10.5. The largest absolute Gasteiger partial charge is 0.0917 e. The van der Waals surface area contributed by atoms with Crippen LogP contribution in [0.4, 0.5) is 0 Å². The number of hydrogen-bond acceptors (Lipinski definition) is 0. The van der Waals surface area contributed by atoms with E-state index in [0.717, 1.165) is 0 Å². The van der Waals surface area contributed by atoms with Gasteiger partial charge in [0.1, 0.15) is 0 Å². The molecule has 0 saturated carbocycles. The van der Waals surface area contributed by atoms with Crippen molar-refractivity contribution in [1.29, 1.82) is 0 Å². The van der Waals surface area contributed by atoms with Crippen LogP contribution in [0.2, 0.25) is 0 Å². The number of allylic oxidation sites excluding steroid dienone is 2. The lowest BCUT2D eigenvalue weighted by atomic mass is 10.1. The van der Waals surface area contributed by atoms with Crippen LogP contribution < -0.4 is 0 Å². The summed E-state index contributed by atoms with van der Waals surface area (Å²) in [6.07, 6.45) is 14.0. The summed E-state index contributed by atoms with van der Waals surface area (Å²) in [5.74, 6) is 0. The molecule has 0 bridgehead atoms. The van der Waals surface area contributed by atoms with Crippen molar-refractivity contribution in [2.24, 2.45) is 0 Å². The normalized spacial score (nSPS) is 13.8.